The number of methoxy groups -OCH3 is 1. The predicted octanol–water partition coefficient (Wildman–Crippen LogP) is 4.67. The number of alkyl halides is 3. The molecule has 22 heavy (non-hydrogen) atoms. The fraction of sp³-hybridized carbons (Fsp3) is 0.235. The first-order valence-electron chi connectivity index (χ1n) is 6.76. The lowest BCUT2D eigenvalue weighted by molar-refractivity contribution is -0.0885. The molecule has 116 valence electrons. The van der Waals surface area contributed by atoms with Crippen molar-refractivity contribution in [3.05, 3.63) is 53.6 Å². The summed E-state index contributed by atoms with van der Waals surface area (Å²) >= 11 is 0. The smallest absolute Gasteiger partial charge is 0.454 e. The van der Waals surface area contributed by atoms with Gasteiger partial charge in [0.1, 0.15) is 5.75 Å². The van der Waals surface area contributed by atoms with Crippen molar-refractivity contribution < 1.29 is 22.7 Å². The van der Waals surface area contributed by atoms with E-state index >= 15 is 0 Å². The molecule has 0 spiro atoms. The van der Waals surface area contributed by atoms with Gasteiger partial charge in [-0.1, -0.05) is 37.3 Å². The van der Waals surface area contributed by atoms with E-state index in [0.29, 0.717) is 28.9 Å². The van der Waals surface area contributed by atoms with Crippen LogP contribution >= 0.6 is 0 Å². The van der Waals surface area contributed by atoms with Gasteiger partial charge in [-0.05, 0) is 35.2 Å². The van der Waals surface area contributed by atoms with Crippen LogP contribution in [0.25, 0.3) is 11.1 Å². The number of hydrogen-bond donors (Lipinski definition) is 0. The minimum Gasteiger partial charge on any atom is -0.497 e. The Balaban J connectivity index is 2.60. The summed E-state index contributed by atoms with van der Waals surface area (Å²) in [7, 11) is 1.52. The summed E-state index contributed by atoms with van der Waals surface area (Å²) in [4.78, 5) is 11.6. The van der Waals surface area contributed by atoms with Crippen LogP contribution in [0.3, 0.4) is 0 Å². The van der Waals surface area contributed by atoms with Crippen LogP contribution in [-0.4, -0.2) is 19.1 Å². The topological polar surface area (TPSA) is 26.3 Å². The van der Waals surface area contributed by atoms with Gasteiger partial charge in [0.05, 0.1) is 7.11 Å². The molecular formula is C17H15F3O2. The summed E-state index contributed by atoms with van der Waals surface area (Å²) in [5, 5.41) is 0. The van der Waals surface area contributed by atoms with Gasteiger partial charge < -0.3 is 4.74 Å². The van der Waals surface area contributed by atoms with E-state index in [4.69, 9.17) is 4.74 Å². The largest absolute Gasteiger partial charge is 0.497 e. The Labute approximate surface area is 126 Å². The van der Waals surface area contributed by atoms with E-state index in [0.717, 1.165) is 0 Å². The van der Waals surface area contributed by atoms with Crippen molar-refractivity contribution in [2.75, 3.05) is 7.11 Å². The molecule has 0 heterocycles. The number of rotatable bonds is 4. The molecule has 0 aliphatic heterocycles. The average Bonchev–Trinajstić information content (AvgIpc) is 2.52. The van der Waals surface area contributed by atoms with Crippen molar-refractivity contribution in [3.63, 3.8) is 0 Å². The van der Waals surface area contributed by atoms with Crippen molar-refractivity contribution >= 4 is 5.78 Å². The SMILES string of the molecule is CCc1c(C(=O)C(F)(F)F)cccc1-c1cccc(OC)c1. The number of carbonyl (C=O) groups excluding carboxylic acids is 1. The lowest BCUT2D eigenvalue weighted by atomic mass is 9.91. The normalized spacial score (nSPS) is 11.3. The lowest BCUT2D eigenvalue weighted by Crippen LogP contribution is -2.24. The van der Waals surface area contributed by atoms with Crippen LogP contribution in [0.5, 0.6) is 5.75 Å². The average molecular weight is 308 g/mol. The highest BCUT2D eigenvalue weighted by atomic mass is 19.4. The van der Waals surface area contributed by atoms with Crippen LogP contribution in [0, 0.1) is 0 Å². The Morgan fingerprint density at radius 2 is 1.82 bits per heavy atom. The zero-order valence-electron chi connectivity index (χ0n) is 12.2. The van der Waals surface area contributed by atoms with E-state index in [1.54, 1.807) is 37.3 Å². The van der Waals surface area contributed by atoms with Gasteiger partial charge in [-0.25, -0.2) is 0 Å². The molecule has 0 aliphatic carbocycles. The standard InChI is InChI=1S/C17H15F3O2/c1-3-13-14(11-6-4-7-12(10-11)22-2)8-5-9-15(13)16(21)17(18,19)20/h4-10H,3H2,1-2H3. The van der Waals surface area contributed by atoms with Crippen molar-refractivity contribution in [2.24, 2.45) is 0 Å². The fourth-order valence-corrected chi connectivity index (χ4v) is 2.39. The second-order valence-electron chi connectivity index (χ2n) is 4.74. The molecule has 0 saturated carbocycles. The van der Waals surface area contributed by atoms with Gasteiger partial charge in [0.15, 0.2) is 0 Å². The third-order valence-electron chi connectivity index (χ3n) is 3.41. The molecule has 2 aromatic rings. The van der Waals surface area contributed by atoms with E-state index in [2.05, 4.69) is 0 Å². The minimum absolute atomic E-state index is 0.296. The maximum Gasteiger partial charge on any atom is 0.454 e. The third-order valence-corrected chi connectivity index (χ3v) is 3.41. The predicted molar refractivity (Wildman–Crippen MR) is 78.2 cm³/mol. The van der Waals surface area contributed by atoms with Crippen LogP contribution < -0.4 is 4.74 Å². The molecule has 5 heteroatoms. The minimum atomic E-state index is -4.88. The van der Waals surface area contributed by atoms with Gasteiger partial charge in [0, 0.05) is 5.56 Å². The molecule has 0 N–H and O–H groups in total. The number of ether oxygens (including phenoxy) is 1. The number of benzene rings is 2. The monoisotopic (exact) mass is 308 g/mol. The Kier molecular flexibility index (Phi) is 4.54. The second-order valence-corrected chi connectivity index (χ2v) is 4.74. The molecule has 0 bridgehead atoms. The number of carbonyl (C=O) groups is 1. The van der Waals surface area contributed by atoms with Crippen molar-refractivity contribution in [3.8, 4) is 16.9 Å². The van der Waals surface area contributed by atoms with Crippen LogP contribution in [0.15, 0.2) is 42.5 Å². The highest BCUT2D eigenvalue weighted by molar-refractivity contribution is 6.02. The van der Waals surface area contributed by atoms with Gasteiger partial charge in [-0.3, -0.25) is 4.79 Å². The first kappa shape index (κ1) is 16.1. The Morgan fingerprint density at radius 3 is 2.41 bits per heavy atom. The lowest BCUT2D eigenvalue weighted by Gasteiger charge is -2.15. The number of hydrogen-bond acceptors (Lipinski definition) is 2. The van der Waals surface area contributed by atoms with Crippen molar-refractivity contribution in [2.45, 2.75) is 19.5 Å². The summed E-state index contributed by atoms with van der Waals surface area (Å²) < 4.78 is 43.3. The Hall–Kier alpha value is -2.30. The second kappa shape index (κ2) is 6.22. The molecule has 2 nitrogen and oxygen atoms in total. The zero-order chi connectivity index (χ0) is 16.3. The van der Waals surface area contributed by atoms with Crippen LogP contribution in [0.4, 0.5) is 13.2 Å². The molecule has 2 rings (SSSR count). The molecule has 0 aliphatic rings. The fourth-order valence-electron chi connectivity index (χ4n) is 2.39. The molecule has 0 unspecified atom stereocenters. The van der Waals surface area contributed by atoms with Crippen LogP contribution in [0.2, 0.25) is 0 Å². The van der Waals surface area contributed by atoms with Gasteiger partial charge in [0.25, 0.3) is 5.78 Å². The molecule has 0 fully saturated rings. The summed E-state index contributed by atoms with van der Waals surface area (Å²) in [5.74, 6) is -1.21. The Bertz CT molecular complexity index is 691. The molecule has 0 aromatic heterocycles. The summed E-state index contributed by atoms with van der Waals surface area (Å²) in [5.41, 5.74) is 1.41. The molecule has 0 saturated heterocycles. The summed E-state index contributed by atoms with van der Waals surface area (Å²) in [6.45, 7) is 1.73. The number of halogens is 3. The summed E-state index contributed by atoms with van der Waals surface area (Å²) in [6.07, 6.45) is -4.55. The first-order valence-corrected chi connectivity index (χ1v) is 6.76. The van der Waals surface area contributed by atoms with Gasteiger partial charge in [0.2, 0.25) is 0 Å². The van der Waals surface area contributed by atoms with Gasteiger partial charge in [-0.15, -0.1) is 0 Å². The Morgan fingerprint density at radius 1 is 1.14 bits per heavy atom. The van der Waals surface area contributed by atoms with E-state index in [9.17, 15) is 18.0 Å². The van der Waals surface area contributed by atoms with Crippen LogP contribution in [-0.2, 0) is 6.42 Å². The zero-order valence-corrected chi connectivity index (χ0v) is 12.2. The quantitative estimate of drug-likeness (QED) is 0.767. The highest BCUT2D eigenvalue weighted by Crippen LogP contribution is 2.32. The first-order chi connectivity index (χ1) is 10.4. The number of Topliss-reactive ketones (excluding diaryl/α,β-unsaturated/α-hetero) is 1. The van der Waals surface area contributed by atoms with Crippen molar-refractivity contribution in [1.29, 1.82) is 0 Å². The summed E-state index contributed by atoms with van der Waals surface area (Å²) in [6, 6.07) is 11.4. The molecular weight excluding hydrogens is 293 g/mol. The van der Waals surface area contributed by atoms with E-state index in [1.165, 1.54) is 19.2 Å². The maximum atomic E-state index is 12.7. The third kappa shape index (κ3) is 3.13. The molecule has 0 amide bonds. The number of ketones is 1. The van der Waals surface area contributed by atoms with E-state index in [1.807, 2.05) is 0 Å². The molecule has 2 aromatic carbocycles. The van der Waals surface area contributed by atoms with Gasteiger partial charge in [-0.2, -0.15) is 13.2 Å². The molecule has 0 atom stereocenters. The van der Waals surface area contributed by atoms with Gasteiger partial charge >= 0.3 is 6.18 Å². The van der Waals surface area contributed by atoms with Crippen LogP contribution in [0.1, 0.15) is 22.8 Å². The van der Waals surface area contributed by atoms with Crippen molar-refractivity contribution in [1.82, 2.24) is 0 Å². The molecule has 0 radical (unpaired) electrons. The van der Waals surface area contributed by atoms with E-state index in [-0.39, 0.29) is 5.56 Å². The highest BCUT2D eigenvalue weighted by Gasteiger charge is 2.40. The maximum absolute atomic E-state index is 12.7. The van der Waals surface area contributed by atoms with E-state index < -0.39 is 12.0 Å².